The molecule has 0 bridgehead atoms. The zero-order chi connectivity index (χ0) is 11.9. The maximum absolute atomic E-state index is 11.0. The molecule has 0 aromatic heterocycles. The second-order valence-electron chi connectivity index (χ2n) is 6.41. The Bertz CT molecular complexity index is 290. The van der Waals surface area contributed by atoms with Crippen molar-refractivity contribution < 1.29 is 5.11 Å². The Morgan fingerprint density at radius 2 is 1.81 bits per heavy atom. The van der Waals surface area contributed by atoms with Crippen molar-refractivity contribution in [3.8, 4) is 0 Å². The molecule has 0 amide bonds. The molecule has 1 N–H and O–H groups in total. The van der Waals surface area contributed by atoms with Crippen molar-refractivity contribution in [2.75, 3.05) is 0 Å². The van der Waals surface area contributed by atoms with E-state index in [9.17, 15) is 5.11 Å². The fraction of sp³-hybridized carbons (Fsp3) is 0.867. The van der Waals surface area contributed by atoms with Crippen LogP contribution < -0.4 is 0 Å². The molecule has 1 nitrogen and oxygen atoms in total. The van der Waals surface area contributed by atoms with E-state index in [1.165, 1.54) is 31.3 Å². The molecule has 5 atom stereocenters. The van der Waals surface area contributed by atoms with E-state index in [0.717, 1.165) is 11.8 Å². The monoisotopic (exact) mass is 222 g/mol. The van der Waals surface area contributed by atoms with Gasteiger partial charge in [-0.1, -0.05) is 31.9 Å². The second-order valence-corrected chi connectivity index (χ2v) is 6.41. The molecule has 0 radical (unpaired) electrons. The summed E-state index contributed by atoms with van der Waals surface area (Å²) in [6.07, 6.45) is 7.18. The van der Waals surface area contributed by atoms with Gasteiger partial charge in [-0.3, -0.25) is 0 Å². The molecule has 0 saturated heterocycles. The first-order valence-electron chi connectivity index (χ1n) is 6.83. The molecule has 0 aromatic rings. The molecule has 2 aliphatic rings. The van der Waals surface area contributed by atoms with Gasteiger partial charge < -0.3 is 5.11 Å². The molecule has 2 aliphatic carbocycles. The summed E-state index contributed by atoms with van der Waals surface area (Å²) in [7, 11) is 0. The minimum absolute atomic E-state index is 0.425. The minimum Gasteiger partial charge on any atom is -0.385 e. The first-order chi connectivity index (χ1) is 7.45. The summed E-state index contributed by atoms with van der Waals surface area (Å²) in [5.74, 6) is 2.52. The third kappa shape index (κ3) is 1.84. The van der Waals surface area contributed by atoms with Crippen LogP contribution in [0.4, 0.5) is 0 Å². The van der Waals surface area contributed by atoms with E-state index in [0.29, 0.717) is 11.8 Å². The lowest BCUT2D eigenvalue weighted by molar-refractivity contribution is -0.0688. The van der Waals surface area contributed by atoms with E-state index in [2.05, 4.69) is 33.8 Å². The molecule has 16 heavy (non-hydrogen) atoms. The van der Waals surface area contributed by atoms with Crippen LogP contribution >= 0.6 is 0 Å². The Labute approximate surface area is 99.9 Å². The van der Waals surface area contributed by atoms with Crippen molar-refractivity contribution in [2.45, 2.75) is 59.0 Å². The first-order valence-corrected chi connectivity index (χ1v) is 6.83. The number of fused-ring (bicyclic) bond motifs is 1. The molecule has 0 heterocycles. The largest absolute Gasteiger partial charge is 0.385 e. The van der Waals surface area contributed by atoms with Gasteiger partial charge in [-0.05, 0) is 56.8 Å². The standard InChI is InChI=1S/C15H26O/c1-10(2)9-15(16)12(4)6-7-13-11(3)5-8-14(13)15/h9,11-14,16H,5-8H2,1-4H3/t11-,12-,13+,14+,15+/m1/s1. The highest BCUT2D eigenvalue weighted by Crippen LogP contribution is 2.53. The van der Waals surface area contributed by atoms with Crippen LogP contribution in [0.25, 0.3) is 0 Å². The molecule has 0 aliphatic heterocycles. The highest BCUT2D eigenvalue weighted by atomic mass is 16.3. The quantitative estimate of drug-likeness (QED) is 0.669. The fourth-order valence-electron chi connectivity index (χ4n) is 4.08. The van der Waals surface area contributed by atoms with Gasteiger partial charge in [0.1, 0.15) is 0 Å². The third-order valence-electron chi connectivity index (χ3n) is 5.02. The zero-order valence-corrected chi connectivity index (χ0v) is 11.2. The van der Waals surface area contributed by atoms with Crippen LogP contribution in [0, 0.1) is 23.7 Å². The number of hydrogen-bond donors (Lipinski definition) is 1. The lowest BCUT2D eigenvalue weighted by Crippen LogP contribution is -2.48. The van der Waals surface area contributed by atoms with Gasteiger partial charge in [0.15, 0.2) is 0 Å². The van der Waals surface area contributed by atoms with Crippen LogP contribution in [0.3, 0.4) is 0 Å². The number of rotatable bonds is 1. The predicted molar refractivity (Wildman–Crippen MR) is 68.2 cm³/mol. The zero-order valence-electron chi connectivity index (χ0n) is 11.2. The maximum atomic E-state index is 11.0. The summed E-state index contributed by atoms with van der Waals surface area (Å²) >= 11 is 0. The van der Waals surface area contributed by atoms with Crippen LogP contribution in [-0.2, 0) is 0 Å². The third-order valence-corrected chi connectivity index (χ3v) is 5.02. The minimum atomic E-state index is -0.521. The summed E-state index contributed by atoms with van der Waals surface area (Å²) in [4.78, 5) is 0. The van der Waals surface area contributed by atoms with E-state index in [-0.39, 0.29) is 0 Å². The van der Waals surface area contributed by atoms with Gasteiger partial charge in [0.2, 0.25) is 0 Å². The Kier molecular flexibility index (Phi) is 3.18. The first kappa shape index (κ1) is 12.2. The maximum Gasteiger partial charge on any atom is 0.0886 e. The number of allylic oxidation sites excluding steroid dienone is 1. The highest BCUT2D eigenvalue weighted by Gasteiger charge is 2.50. The van der Waals surface area contributed by atoms with Crippen molar-refractivity contribution in [2.24, 2.45) is 23.7 Å². The lowest BCUT2D eigenvalue weighted by atomic mass is 9.63. The molecule has 2 fully saturated rings. The summed E-state index contributed by atoms with van der Waals surface area (Å²) in [6, 6.07) is 0. The van der Waals surface area contributed by atoms with Gasteiger partial charge >= 0.3 is 0 Å². The SMILES string of the molecule is CC(C)=C[C@]1(O)[C@H](C)CC[C@H]2[C@H](C)CC[C@@H]21. The Balaban J connectivity index is 2.30. The molecule has 92 valence electrons. The smallest absolute Gasteiger partial charge is 0.0886 e. The predicted octanol–water partition coefficient (Wildman–Crippen LogP) is 3.78. The average molecular weight is 222 g/mol. The van der Waals surface area contributed by atoms with Crippen molar-refractivity contribution in [3.05, 3.63) is 11.6 Å². The lowest BCUT2D eigenvalue weighted by Gasteiger charge is -2.46. The van der Waals surface area contributed by atoms with Gasteiger partial charge in [-0.2, -0.15) is 0 Å². The summed E-state index contributed by atoms with van der Waals surface area (Å²) in [5, 5.41) is 11.0. The molecular weight excluding hydrogens is 196 g/mol. The molecule has 0 unspecified atom stereocenters. The topological polar surface area (TPSA) is 20.2 Å². The van der Waals surface area contributed by atoms with Crippen LogP contribution in [-0.4, -0.2) is 10.7 Å². The molecule has 0 aromatic carbocycles. The normalized spacial score (nSPS) is 47.6. The van der Waals surface area contributed by atoms with Crippen LogP contribution in [0.15, 0.2) is 11.6 Å². The van der Waals surface area contributed by atoms with Crippen LogP contribution in [0.2, 0.25) is 0 Å². The molecule has 2 rings (SSSR count). The van der Waals surface area contributed by atoms with E-state index < -0.39 is 5.60 Å². The second kappa shape index (κ2) is 4.18. The van der Waals surface area contributed by atoms with Crippen molar-refractivity contribution in [1.82, 2.24) is 0 Å². The molecule has 2 saturated carbocycles. The summed E-state index contributed by atoms with van der Waals surface area (Å²) < 4.78 is 0. The summed E-state index contributed by atoms with van der Waals surface area (Å²) in [5.41, 5.74) is 0.738. The molecular formula is C15H26O. The van der Waals surface area contributed by atoms with E-state index >= 15 is 0 Å². The fourth-order valence-corrected chi connectivity index (χ4v) is 4.08. The van der Waals surface area contributed by atoms with Gasteiger partial charge in [0.25, 0.3) is 0 Å². The Hall–Kier alpha value is -0.300. The van der Waals surface area contributed by atoms with Gasteiger partial charge in [0.05, 0.1) is 5.60 Å². The van der Waals surface area contributed by atoms with E-state index in [1.54, 1.807) is 0 Å². The highest BCUT2D eigenvalue weighted by molar-refractivity contribution is 5.15. The number of aliphatic hydroxyl groups is 1. The number of hydrogen-bond acceptors (Lipinski definition) is 1. The van der Waals surface area contributed by atoms with Crippen molar-refractivity contribution >= 4 is 0 Å². The van der Waals surface area contributed by atoms with E-state index in [1.807, 2.05) is 0 Å². The molecule has 0 spiro atoms. The van der Waals surface area contributed by atoms with Gasteiger partial charge in [0, 0.05) is 0 Å². The Morgan fingerprint density at radius 1 is 1.12 bits per heavy atom. The van der Waals surface area contributed by atoms with Crippen molar-refractivity contribution in [3.63, 3.8) is 0 Å². The Morgan fingerprint density at radius 3 is 2.44 bits per heavy atom. The van der Waals surface area contributed by atoms with Crippen LogP contribution in [0.5, 0.6) is 0 Å². The van der Waals surface area contributed by atoms with Gasteiger partial charge in [-0.15, -0.1) is 0 Å². The van der Waals surface area contributed by atoms with Gasteiger partial charge in [-0.25, -0.2) is 0 Å². The summed E-state index contributed by atoms with van der Waals surface area (Å²) in [6.45, 7) is 8.79. The molecule has 1 heteroatoms. The van der Waals surface area contributed by atoms with Crippen LogP contribution in [0.1, 0.15) is 53.4 Å². The van der Waals surface area contributed by atoms with E-state index in [4.69, 9.17) is 0 Å². The average Bonchev–Trinajstić information content (AvgIpc) is 2.54. The van der Waals surface area contributed by atoms with Crippen molar-refractivity contribution in [1.29, 1.82) is 0 Å².